The fourth-order valence-electron chi connectivity index (χ4n) is 2.17. The number of aromatic nitrogens is 2. The second kappa shape index (κ2) is 4.55. The molecule has 1 aliphatic heterocycles. The van der Waals surface area contributed by atoms with Crippen molar-refractivity contribution in [2.45, 2.75) is 45.1 Å². The van der Waals surface area contributed by atoms with E-state index >= 15 is 0 Å². The van der Waals surface area contributed by atoms with Gasteiger partial charge in [-0.25, -0.2) is 14.8 Å². The van der Waals surface area contributed by atoms with Gasteiger partial charge in [-0.3, -0.25) is 0 Å². The Balaban J connectivity index is 2.31. The van der Waals surface area contributed by atoms with Gasteiger partial charge in [-0.1, -0.05) is 20.8 Å². The van der Waals surface area contributed by atoms with Crippen LogP contribution in [0.15, 0.2) is 12.3 Å². The molecule has 0 saturated carbocycles. The first kappa shape index (κ1) is 12.8. The normalized spacial score (nSPS) is 20.2. The number of aliphatic carboxylic acids is 1. The second-order valence-electron chi connectivity index (χ2n) is 5.68. The summed E-state index contributed by atoms with van der Waals surface area (Å²) in [5.41, 5.74) is 0.874. The first-order valence-electron chi connectivity index (χ1n) is 6.22. The van der Waals surface area contributed by atoms with E-state index in [1.54, 1.807) is 11.1 Å². The zero-order chi connectivity index (χ0) is 13.3. The quantitative estimate of drug-likeness (QED) is 0.866. The zero-order valence-electron chi connectivity index (χ0n) is 11.1. The lowest BCUT2D eigenvalue weighted by molar-refractivity contribution is -0.138. The lowest BCUT2D eigenvalue weighted by Gasteiger charge is -2.24. The Morgan fingerprint density at radius 1 is 1.50 bits per heavy atom. The molecule has 5 nitrogen and oxygen atoms in total. The van der Waals surface area contributed by atoms with Gasteiger partial charge in [0.25, 0.3) is 0 Å². The molecule has 1 fully saturated rings. The van der Waals surface area contributed by atoms with Crippen LogP contribution < -0.4 is 4.90 Å². The molecule has 1 aromatic rings. The van der Waals surface area contributed by atoms with E-state index in [4.69, 9.17) is 0 Å². The molecule has 0 aromatic carbocycles. The summed E-state index contributed by atoms with van der Waals surface area (Å²) in [7, 11) is 0. The third-order valence-electron chi connectivity index (χ3n) is 3.21. The summed E-state index contributed by atoms with van der Waals surface area (Å²) in [5.74, 6) is -0.260. The minimum absolute atomic E-state index is 0.0594. The van der Waals surface area contributed by atoms with Crippen molar-refractivity contribution >= 4 is 11.9 Å². The Morgan fingerprint density at radius 3 is 2.83 bits per heavy atom. The summed E-state index contributed by atoms with van der Waals surface area (Å²) < 4.78 is 0. The van der Waals surface area contributed by atoms with Gasteiger partial charge < -0.3 is 10.0 Å². The predicted octanol–water partition coefficient (Wildman–Crippen LogP) is 1.83. The molecule has 5 heteroatoms. The van der Waals surface area contributed by atoms with Crippen molar-refractivity contribution in [3.05, 3.63) is 18.0 Å². The van der Waals surface area contributed by atoms with Gasteiger partial charge in [0.2, 0.25) is 5.95 Å². The van der Waals surface area contributed by atoms with Gasteiger partial charge in [-0.15, -0.1) is 0 Å². The maximum atomic E-state index is 11.2. The van der Waals surface area contributed by atoms with Crippen molar-refractivity contribution in [1.29, 1.82) is 0 Å². The largest absolute Gasteiger partial charge is 0.480 e. The van der Waals surface area contributed by atoms with Crippen molar-refractivity contribution in [2.24, 2.45) is 0 Å². The Hall–Kier alpha value is -1.65. The summed E-state index contributed by atoms with van der Waals surface area (Å²) in [6.45, 7) is 6.96. The van der Waals surface area contributed by atoms with Gasteiger partial charge in [0.1, 0.15) is 6.04 Å². The topological polar surface area (TPSA) is 66.3 Å². The minimum Gasteiger partial charge on any atom is -0.480 e. The van der Waals surface area contributed by atoms with E-state index in [2.05, 4.69) is 30.7 Å². The fraction of sp³-hybridized carbons (Fsp3) is 0.615. The van der Waals surface area contributed by atoms with E-state index in [1.807, 2.05) is 6.07 Å². The molecule has 1 N–H and O–H groups in total. The van der Waals surface area contributed by atoms with Crippen LogP contribution in [0.4, 0.5) is 5.95 Å². The number of carbonyl (C=O) groups is 1. The monoisotopic (exact) mass is 249 g/mol. The van der Waals surface area contributed by atoms with Gasteiger partial charge >= 0.3 is 5.97 Å². The van der Waals surface area contributed by atoms with E-state index < -0.39 is 12.0 Å². The van der Waals surface area contributed by atoms with Crippen LogP contribution in [0, 0.1) is 0 Å². The van der Waals surface area contributed by atoms with E-state index in [9.17, 15) is 9.90 Å². The number of hydrogen-bond donors (Lipinski definition) is 1. The van der Waals surface area contributed by atoms with Crippen LogP contribution in [0.2, 0.25) is 0 Å². The van der Waals surface area contributed by atoms with E-state index in [-0.39, 0.29) is 5.41 Å². The third-order valence-corrected chi connectivity index (χ3v) is 3.21. The van der Waals surface area contributed by atoms with Crippen LogP contribution in [0.1, 0.15) is 39.3 Å². The molecule has 0 radical (unpaired) electrons. The van der Waals surface area contributed by atoms with Gasteiger partial charge in [0.05, 0.1) is 5.69 Å². The number of nitrogens with zero attached hydrogens (tertiary/aromatic N) is 3. The van der Waals surface area contributed by atoms with Crippen LogP contribution in [0.25, 0.3) is 0 Å². The molecule has 1 atom stereocenters. The van der Waals surface area contributed by atoms with Crippen molar-refractivity contribution in [2.75, 3.05) is 11.4 Å². The lowest BCUT2D eigenvalue weighted by atomic mass is 9.92. The maximum absolute atomic E-state index is 11.2. The van der Waals surface area contributed by atoms with Crippen LogP contribution in [0.3, 0.4) is 0 Å². The highest BCUT2D eigenvalue weighted by Crippen LogP contribution is 2.25. The molecule has 98 valence electrons. The molecule has 0 bridgehead atoms. The Labute approximate surface area is 107 Å². The average molecular weight is 249 g/mol. The summed E-state index contributed by atoms with van der Waals surface area (Å²) in [6, 6.07) is 1.40. The molecular weight excluding hydrogens is 230 g/mol. The average Bonchev–Trinajstić information content (AvgIpc) is 2.77. The first-order chi connectivity index (χ1) is 8.39. The molecule has 0 spiro atoms. The molecule has 0 unspecified atom stereocenters. The van der Waals surface area contributed by atoms with E-state index in [0.717, 1.165) is 12.1 Å². The SMILES string of the molecule is CC(C)(C)c1ccnc(N2CCC[C@@H]2C(=O)O)n1. The van der Waals surface area contributed by atoms with Crippen molar-refractivity contribution in [3.8, 4) is 0 Å². The van der Waals surface area contributed by atoms with Gasteiger partial charge in [0.15, 0.2) is 0 Å². The second-order valence-corrected chi connectivity index (χ2v) is 5.68. The highest BCUT2D eigenvalue weighted by Gasteiger charge is 2.32. The molecule has 2 rings (SSSR count). The zero-order valence-corrected chi connectivity index (χ0v) is 11.1. The third kappa shape index (κ3) is 2.44. The smallest absolute Gasteiger partial charge is 0.326 e. The molecular formula is C13H19N3O2. The Morgan fingerprint density at radius 2 is 2.22 bits per heavy atom. The van der Waals surface area contributed by atoms with E-state index in [1.165, 1.54) is 0 Å². The minimum atomic E-state index is -0.794. The Kier molecular flexibility index (Phi) is 3.24. The molecule has 0 aliphatic carbocycles. The standard InChI is InChI=1S/C13H19N3O2/c1-13(2,3)10-6-7-14-12(15-10)16-8-4-5-9(16)11(17)18/h6-7,9H,4-5,8H2,1-3H3,(H,17,18)/t9-/m1/s1. The number of carboxylic acids is 1. The highest BCUT2D eigenvalue weighted by molar-refractivity contribution is 5.78. The summed E-state index contributed by atoms with van der Waals surface area (Å²) in [4.78, 5) is 21.7. The molecule has 2 heterocycles. The van der Waals surface area contributed by atoms with Gasteiger partial charge in [-0.2, -0.15) is 0 Å². The number of anilines is 1. The summed E-state index contributed by atoms with van der Waals surface area (Å²) >= 11 is 0. The number of hydrogen-bond acceptors (Lipinski definition) is 4. The summed E-state index contributed by atoms with van der Waals surface area (Å²) in [6.07, 6.45) is 3.25. The molecule has 1 saturated heterocycles. The van der Waals surface area contributed by atoms with Crippen LogP contribution in [0.5, 0.6) is 0 Å². The van der Waals surface area contributed by atoms with Crippen molar-refractivity contribution in [1.82, 2.24) is 9.97 Å². The van der Waals surface area contributed by atoms with Crippen LogP contribution in [-0.4, -0.2) is 33.6 Å². The summed E-state index contributed by atoms with van der Waals surface area (Å²) in [5, 5.41) is 9.18. The number of carboxylic acid groups (broad SMARTS) is 1. The maximum Gasteiger partial charge on any atom is 0.326 e. The van der Waals surface area contributed by atoms with Crippen molar-refractivity contribution in [3.63, 3.8) is 0 Å². The molecule has 0 amide bonds. The fourth-order valence-corrected chi connectivity index (χ4v) is 2.17. The Bertz CT molecular complexity index is 454. The van der Waals surface area contributed by atoms with E-state index in [0.29, 0.717) is 18.9 Å². The van der Waals surface area contributed by atoms with Crippen LogP contribution >= 0.6 is 0 Å². The lowest BCUT2D eigenvalue weighted by Crippen LogP contribution is -2.37. The molecule has 1 aliphatic rings. The molecule has 18 heavy (non-hydrogen) atoms. The highest BCUT2D eigenvalue weighted by atomic mass is 16.4. The predicted molar refractivity (Wildman–Crippen MR) is 68.7 cm³/mol. The first-order valence-corrected chi connectivity index (χ1v) is 6.22. The molecule has 1 aromatic heterocycles. The van der Waals surface area contributed by atoms with Crippen LogP contribution in [-0.2, 0) is 10.2 Å². The van der Waals surface area contributed by atoms with Gasteiger partial charge in [0, 0.05) is 18.2 Å². The number of rotatable bonds is 2. The van der Waals surface area contributed by atoms with Gasteiger partial charge in [-0.05, 0) is 18.9 Å². The van der Waals surface area contributed by atoms with Crippen molar-refractivity contribution < 1.29 is 9.90 Å².